The second-order valence-electron chi connectivity index (χ2n) is 19.1. The van der Waals surface area contributed by atoms with Gasteiger partial charge in [-0.05, 0) is 13.8 Å². The van der Waals surface area contributed by atoms with Crippen LogP contribution in [0, 0.1) is 227 Å². The van der Waals surface area contributed by atoms with Crippen molar-refractivity contribution >= 4 is 33.4 Å². The third-order valence-electron chi connectivity index (χ3n) is 13.9. The molecule has 2 saturated carbocycles. The Kier molecular flexibility index (Phi) is 19.4. The third kappa shape index (κ3) is 11.6. The van der Waals surface area contributed by atoms with E-state index in [-0.39, 0.29) is 0 Å². The zero-order valence-corrected chi connectivity index (χ0v) is 46.0. The fourth-order valence-corrected chi connectivity index (χ4v) is 9.34. The lowest BCUT2D eigenvalue weighted by Crippen LogP contribution is -2.17. The lowest BCUT2D eigenvalue weighted by Gasteiger charge is -2.14. The van der Waals surface area contributed by atoms with Crippen LogP contribution in [0.2, 0.25) is 0 Å². The van der Waals surface area contributed by atoms with Crippen LogP contribution in [0.25, 0.3) is 33.4 Å². The molecule has 6 nitrogen and oxygen atoms in total. The Bertz CT molecular complexity index is 4820. The molecule has 0 N–H and O–H groups in total. The van der Waals surface area contributed by atoms with Gasteiger partial charge < -0.3 is 0 Å². The van der Waals surface area contributed by atoms with Gasteiger partial charge >= 0.3 is 18.5 Å². The smallest absolute Gasteiger partial charge is 0.203 e. The molecule has 0 atom stereocenters. The number of nitrogens with zero attached hydrogens (tertiary/aromatic N) is 6. The van der Waals surface area contributed by atoms with Crippen LogP contribution in [0.15, 0.2) is 33.4 Å². The van der Waals surface area contributed by atoms with Crippen molar-refractivity contribution in [1.82, 2.24) is 0 Å². The highest BCUT2D eigenvalue weighted by molar-refractivity contribution is 6.14. The first-order valence-electron chi connectivity index (χ1n) is 24.5. The average Bonchev–Trinajstić information content (AvgIpc) is 1.55. The molecule has 6 aromatic carbocycles. The van der Waals surface area contributed by atoms with Gasteiger partial charge in [0, 0.05) is 44.6 Å². The number of alkyl halides is 9. The van der Waals surface area contributed by atoms with Gasteiger partial charge in [-0.25, -0.2) is 110 Å². The number of halogens is 34. The summed E-state index contributed by atoms with van der Waals surface area (Å²) in [6.45, 7) is 0.922. The monoisotopic (exact) mass is 1440 g/mol. The number of benzene rings is 6. The average molecular weight is 1440 g/mol. The van der Waals surface area contributed by atoms with Gasteiger partial charge in [0.1, 0.15) is 53.1 Å². The van der Waals surface area contributed by atoms with Crippen LogP contribution in [0.3, 0.4) is 0 Å². The summed E-state index contributed by atoms with van der Waals surface area (Å²) < 4.78 is 484. The minimum Gasteiger partial charge on any atom is -0.203 e. The molecule has 0 saturated heterocycles. The summed E-state index contributed by atoms with van der Waals surface area (Å²) >= 11 is 0. The van der Waals surface area contributed by atoms with Gasteiger partial charge in [-0.15, -0.1) is 0 Å². The highest BCUT2D eigenvalue weighted by Gasteiger charge is 2.52. The Hall–Kier alpha value is -11.7. The van der Waals surface area contributed by atoms with E-state index in [1.807, 2.05) is 0 Å². The fourth-order valence-electron chi connectivity index (χ4n) is 9.34. The van der Waals surface area contributed by atoms with Crippen molar-refractivity contribution in [2.45, 2.75) is 32.4 Å². The van der Waals surface area contributed by atoms with Gasteiger partial charge in [-0.2, -0.15) is 71.1 Å². The first kappa shape index (κ1) is 74.7. The number of hydrogen-bond acceptors (Lipinski definition) is 6. The molecule has 0 amide bonds. The van der Waals surface area contributed by atoms with Crippen LogP contribution in [-0.4, -0.2) is 0 Å². The summed E-state index contributed by atoms with van der Waals surface area (Å²) in [4.78, 5) is 0. The Morgan fingerprint density at radius 2 is 0.303 bits per heavy atom. The normalized spacial score (nSPS) is 15.4. The lowest BCUT2D eigenvalue weighted by molar-refractivity contribution is -0.144. The highest BCUT2D eigenvalue weighted by atomic mass is 19.4. The number of hydrogen-bond donors (Lipinski definition) is 0. The van der Waals surface area contributed by atoms with Crippen molar-refractivity contribution in [1.29, 1.82) is 31.6 Å². The summed E-state index contributed by atoms with van der Waals surface area (Å²) in [5.74, 6) is -70.8. The number of allylic oxidation sites excluding steroid dienone is 12. The molecule has 0 radical (unpaired) electrons. The van der Waals surface area contributed by atoms with Crippen LogP contribution >= 0.6 is 0 Å². The Morgan fingerprint density at radius 3 is 0.424 bits per heavy atom. The van der Waals surface area contributed by atoms with E-state index in [9.17, 15) is 163 Å². The predicted octanol–water partition coefficient (Wildman–Crippen LogP) is 19.0. The van der Waals surface area contributed by atoms with E-state index in [1.54, 1.807) is 0 Å². The van der Waals surface area contributed by atoms with Crippen molar-refractivity contribution < 1.29 is 149 Å². The van der Waals surface area contributed by atoms with E-state index < -0.39 is 292 Å². The van der Waals surface area contributed by atoms with Crippen molar-refractivity contribution in [3.05, 3.63) is 240 Å². The molecule has 6 aromatic rings. The van der Waals surface area contributed by atoms with Gasteiger partial charge in [0.2, 0.25) is 5.82 Å². The van der Waals surface area contributed by atoms with Crippen LogP contribution in [0.1, 0.15) is 61.2 Å². The van der Waals surface area contributed by atoms with Crippen molar-refractivity contribution in [2.75, 3.05) is 0 Å². The number of nitriles is 6. The first-order valence-corrected chi connectivity index (χ1v) is 24.5. The summed E-state index contributed by atoms with van der Waals surface area (Å²) in [7, 11) is 0. The fraction of sp³-hybridized carbons (Fsp3) is 0.0847. The second-order valence-corrected chi connectivity index (χ2v) is 19.1. The standard InChI is InChI=1S/C30H3F18N3.C29H3F16N3/c1-5-17(31)19(33)12(20(34)18(5)32)6(2-49)9-10(7(3-50)13-21(35)25(39)15(29(43,44)45)26(40)22(13)36)11(9)8(4-51)14-23(37)27(41)16(30(46,47)48)28(42)24(14)38;1-5-16(30)18(32)12(19(33)17(5)31)6(2-46)9-10(11(9)8(4-48)14-22(36)26(40)28(42)27(41)23(14)37)7(3-47)13-20(34)24(38)15(29(43,44)45)25(39)21(13)35/h1H3;1H3. The largest absolute Gasteiger partial charge is 0.422 e. The van der Waals surface area contributed by atoms with Crippen LogP contribution in [0.5, 0.6) is 0 Å². The molecule has 0 spiro atoms. The summed E-state index contributed by atoms with van der Waals surface area (Å²) in [5.41, 5.74) is -48.1. The summed E-state index contributed by atoms with van der Waals surface area (Å²) in [5, 5.41) is 58.3. The maximum Gasteiger partial charge on any atom is 0.422 e. The molecule has 510 valence electrons. The van der Waals surface area contributed by atoms with Crippen molar-refractivity contribution in [3.63, 3.8) is 0 Å². The molecule has 2 aliphatic rings. The topological polar surface area (TPSA) is 143 Å². The van der Waals surface area contributed by atoms with E-state index in [0.29, 0.717) is 26.0 Å². The zero-order valence-electron chi connectivity index (χ0n) is 46.0. The quantitative estimate of drug-likeness (QED) is 0.0703. The number of rotatable bonds is 6. The molecule has 40 heteroatoms. The molecule has 8 rings (SSSR count). The van der Waals surface area contributed by atoms with Crippen LogP contribution in [-0.2, 0) is 18.5 Å². The first-order chi connectivity index (χ1) is 45.6. The van der Waals surface area contributed by atoms with Gasteiger partial charge in [0.15, 0.2) is 140 Å². The van der Waals surface area contributed by atoms with Crippen LogP contribution in [0.4, 0.5) is 149 Å². The summed E-state index contributed by atoms with van der Waals surface area (Å²) in [6.07, 6.45) is -18.5. The Labute approximate surface area is 522 Å². The summed E-state index contributed by atoms with van der Waals surface area (Å²) in [6, 6.07) is 4.78. The predicted molar refractivity (Wildman–Crippen MR) is 257 cm³/mol. The minimum absolute atomic E-state index is 0.438. The van der Waals surface area contributed by atoms with E-state index in [4.69, 9.17) is 0 Å². The molecule has 99 heavy (non-hydrogen) atoms. The maximum absolute atomic E-state index is 15.0. The Balaban J connectivity index is 0.000000279. The third-order valence-corrected chi connectivity index (χ3v) is 13.9. The molecule has 0 bridgehead atoms. The molecule has 2 aliphatic carbocycles. The van der Waals surface area contributed by atoms with E-state index in [1.165, 1.54) is 0 Å². The van der Waals surface area contributed by atoms with E-state index in [0.717, 1.165) is 24.3 Å². The van der Waals surface area contributed by atoms with Crippen molar-refractivity contribution in [3.8, 4) is 36.4 Å². The van der Waals surface area contributed by atoms with Gasteiger partial charge in [0.25, 0.3) is 0 Å². The Morgan fingerprint density at radius 1 is 0.192 bits per heavy atom. The molecular formula is C59H6F34N6. The SMILES string of the molecule is Cc1c(F)c(F)c(C(C#N)=C2C(=C(C#N)c3c(F)c(F)c(C(F)(F)F)c(F)c3F)C2=C(C#N)c2c(F)c(F)c(C(F)(F)F)c(F)c2F)c(F)c1F.Cc1c(F)c(F)c(C(C#N)=C2C(=C(C#N)c3c(F)c(F)c(F)c(F)c3F)C2=C(C#N)c2c(F)c(F)c(C(F)(F)F)c(F)c2F)c(F)c1F. The highest BCUT2D eigenvalue weighted by Crippen LogP contribution is 2.60. The van der Waals surface area contributed by atoms with Crippen molar-refractivity contribution in [2.24, 2.45) is 0 Å². The molecule has 0 aromatic heterocycles. The van der Waals surface area contributed by atoms with Gasteiger partial charge in [-0.1, -0.05) is 0 Å². The lowest BCUT2D eigenvalue weighted by atomic mass is 9.98. The zero-order chi connectivity index (χ0) is 75.5. The molecule has 2 fully saturated rings. The van der Waals surface area contributed by atoms with Crippen LogP contribution < -0.4 is 0 Å². The molecule has 0 aliphatic heterocycles. The van der Waals surface area contributed by atoms with Gasteiger partial charge in [-0.3, -0.25) is 0 Å². The molecule has 0 unspecified atom stereocenters. The minimum atomic E-state index is -6.19. The van der Waals surface area contributed by atoms with E-state index in [2.05, 4.69) is 0 Å². The van der Waals surface area contributed by atoms with Gasteiger partial charge in [0.05, 0.1) is 66.8 Å². The second kappa shape index (κ2) is 25.7. The molecule has 0 heterocycles. The van der Waals surface area contributed by atoms with E-state index >= 15 is 17.6 Å². The molecular weight excluding hydrogens is 1440 g/mol. The maximum atomic E-state index is 15.0.